The molecule has 1 N–H and O–H groups in total. The zero-order chi connectivity index (χ0) is 15.1. The van der Waals surface area contributed by atoms with Crippen LogP contribution in [0.3, 0.4) is 0 Å². The van der Waals surface area contributed by atoms with Crippen LogP contribution in [-0.2, 0) is 11.2 Å². The molecule has 0 spiro atoms. The van der Waals surface area contributed by atoms with Gasteiger partial charge in [0.2, 0.25) is 5.91 Å². The van der Waals surface area contributed by atoms with E-state index < -0.39 is 0 Å². The number of halogens is 1. The predicted octanol–water partition coefficient (Wildman–Crippen LogP) is 2.75. The minimum absolute atomic E-state index is 0.0924. The number of rotatable bonds is 6. The first-order valence-corrected chi connectivity index (χ1v) is 7.94. The second-order valence-electron chi connectivity index (χ2n) is 5.79. The molecule has 1 heterocycles. The first-order valence-electron chi connectivity index (χ1n) is 7.94. The van der Waals surface area contributed by atoms with E-state index in [1.165, 1.54) is 25.0 Å². The molecule has 0 saturated carbocycles. The van der Waals surface area contributed by atoms with Crippen molar-refractivity contribution in [2.24, 2.45) is 0 Å². The lowest BCUT2D eigenvalue weighted by Crippen LogP contribution is -2.46. The van der Waals surface area contributed by atoms with Crippen LogP contribution >= 0.6 is 0 Å². The van der Waals surface area contributed by atoms with Crippen molar-refractivity contribution < 1.29 is 9.18 Å². The van der Waals surface area contributed by atoms with Gasteiger partial charge in [0.25, 0.3) is 0 Å². The van der Waals surface area contributed by atoms with Crippen LogP contribution in [0, 0.1) is 5.82 Å². The maximum Gasteiger partial charge on any atom is 0.227 e. The normalized spacial score (nSPS) is 18.5. The molecular weight excluding hydrogens is 267 g/mol. The molecule has 1 aromatic carbocycles. The zero-order valence-corrected chi connectivity index (χ0v) is 12.8. The molecule has 0 bridgehead atoms. The Hall–Kier alpha value is -1.42. The molecule has 0 radical (unpaired) electrons. The predicted molar refractivity (Wildman–Crippen MR) is 82.6 cm³/mol. The second-order valence-corrected chi connectivity index (χ2v) is 5.79. The van der Waals surface area contributed by atoms with Crippen molar-refractivity contribution in [1.82, 2.24) is 10.2 Å². The lowest BCUT2D eigenvalue weighted by atomic mass is 10.0. The van der Waals surface area contributed by atoms with E-state index in [1.807, 2.05) is 11.0 Å². The molecular formula is C17H25FN2O. The molecule has 1 amide bonds. The number of nitrogens with zero attached hydrogens (tertiary/aromatic N) is 1. The van der Waals surface area contributed by atoms with Crippen molar-refractivity contribution in [3.8, 4) is 0 Å². The monoisotopic (exact) mass is 292 g/mol. The Morgan fingerprint density at radius 1 is 1.43 bits per heavy atom. The SMILES string of the molecule is CCCN(CC1CCCCN1)C(=O)Cc1cccc(F)c1. The van der Waals surface area contributed by atoms with Gasteiger partial charge in [0.15, 0.2) is 0 Å². The lowest BCUT2D eigenvalue weighted by molar-refractivity contribution is -0.131. The summed E-state index contributed by atoms with van der Waals surface area (Å²) >= 11 is 0. The highest BCUT2D eigenvalue weighted by atomic mass is 19.1. The molecule has 2 rings (SSSR count). The van der Waals surface area contributed by atoms with E-state index in [9.17, 15) is 9.18 Å². The molecule has 1 aliphatic rings. The molecule has 1 aromatic rings. The van der Waals surface area contributed by atoms with Crippen molar-refractivity contribution in [3.05, 3.63) is 35.6 Å². The van der Waals surface area contributed by atoms with Gasteiger partial charge in [-0.2, -0.15) is 0 Å². The van der Waals surface area contributed by atoms with Gasteiger partial charge in [-0.25, -0.2) is 4.39 Å². The number of nitrogens with one attached hydrogen (secondary N) is 1. The minimum Gasteiger partial charge on any atom is -0.341 e. The lowest BCUT2D eigenvalue weighted by Gasteiger charge is -2.30. The second kappa shape index (κ2) is 8.13. The van der Waals surface area contributed by atoms with Crippen LogP contribution < -0.4 is 5.32 Å². The van der Waals surface area contributed by atoms with E-state index in [0.717, 1.165) is 38.0 Å². The number of carbonyl (C=O) groups excluding carboxylic acids is 1. The minimum atomic E-state index is -0.281. The Labute approximate surface area is 126 Å². The summed E-state index contributed by atoms with van der Waals surface area (Å²) in [6, 6.07) is 6.72. The summed E-state index contributed by atoms with van der Waals surface area (Å²) in [7, 11) is 0. The van der Waals surface area contributed by atoms with Gasteiger partial charge in [-0.1, -0.05) is 25.5 Å². The molecule has 1 atom stereocenters. The van der Waals surface area contributed by atoms with Gasteiger partial charge in [-0.05, 0) is 43.5 Å². The van der Waals surface area contributed by atoms with Gasteiger partial charge in [0.05, 0.1) is 6.42 Å². The smallest absolute Gasteiger partial charge is 0.227 e. The molecule has 21 heavy (non-hydrogen) atoms. The number of hydrogen-bond donors (Lipinski definition) is 1. The van der Waals surface area contributed by atoms with E-state index in [0.29, 0.717) is 6.04 Å². The van der Waals surface area contributed by atoms with Gasteiger partial charge in [0, 0.05) is 19.1 Å². The molecule has 3 nitrogen and oxygen atoms in total. The topological polar surface area (TPSA) is 32.3 Å². The van der Waals surface area contributed by atoms with Crippen molar-refractivity contribution in [1.29, 1.82) is 0 Å². The average molecular weight is 292 g/mol. The molecule has 1 unspecified atom stereocenters. The van der Waals surface area contributed by atoms with Crippen molar-refractivity contribution in [2.75, 3.05) is 19.6 Å². The molecule has 1 fully saturated rings. The summed E-state index contributed by atoms with van der Waals surface area (Å²) in [4.78, 5) is 14.4. The van der Waals surface area contributed by atoms with Crippen LogP contribution in [0.4, 0.5) is 4.39 Å². The Morgan fingerprint density at radius 3 is 2.95 bits per heavy atom. The molecule has 0 aliphatic carbocycles. The maximum absolute atomic E-state index is 13.2. The van der Waals surface area contributed by atoms with E-state index in [1.54, 1.807) is 6.07 Å². The third-order valence-corrected chi connectivity index (χ3v) is 3.94. The first kappa shape index (κ1) is 16.0. The van der Waals surface area contributed by atoms with Gasteiger partial charge in [-0.3, -0.25) is 4.79 Å². The summed E-state index contributed by atoms with van der Waals surface area (Å²) in [5.41, 5.74) is 0.748. The largest absolute Gasteiger partial charge is 0.341 e. The summed E-state index contributed by atoms with van der Waals surface area (Å²) in [5.74, 6) is -0.189. The van der Waals surface area contributed by atoms with Crippen LogP contribution in [0.2, 0.25) is 0 Å². The summed E-state index contributed by atoms with van der Waals surface area (Å²) < 4.78 is 13.2. The van der Waals surface area contributed by atoms with Crippen molar-refractivity contribution >= 4 is 5.91 Å². The summed E-state index contributed by atoms with van der Waals surface area (Å²) in [6.07, 6.45) is 4.82. The van der Waals surface area contributed by atoms with Gasteiger partial charge in [0.1, 0.15) is 5.82 Å². The van der Waals surface area contributed by atoms with E-state index >= 15 is 0 Å². The van der Waals surface area contributed by atoms with Crippen LogP contribution in [-0.4, -0.2) is 36.5 Å². The fourth-order valence-electron chi connectivity index (χ4n) is 2.87. The molecule has 0 aromatic heterocycles. The van der Waals surface area contributed by atoms with Gasteiger partial charge < -0.3 is 10.2 Å². The number of piperidine rings is 1. The molecule has 1 saturated heterocycles. The number of hydrogen-bond acceptors (Lipinski definition) is 2. The summed E-state index contributed by atoms with van der Waals surface area (Å²) in [6.45, 7) is 4.66. The third-order valence-electron chi connectivity index (χ3n) is 3.94. The highest BCUT2D eigenvalue weighted by molar-refractivity contribution is 5.78. The standard InChI is InChI=1S/C17H25FN2O/c1-2-10-20(13-16-8-3-4-9-19-16)17(21)12-14-6-5-7-15(18)11-14/h5-7,11,16,19H,2-4,8-10,12-13H2,1H3. The van der Waals surface area contributed by atoms with Crippen LogP contribution in [0.1, 0.15) is 38.2 Å². The Morgan fingerprint density at radius 2 is 2.29 bits per heavy atom. The van der Waals surface area contributed by atoms with E-state index in [2.05, 4.69) is 12.2 Å². The van der Waals surface area contributed by atoms with Crippen molar-refractivity contribution in [2.45, 2.75) is 45.1 Å². The molecule has 116 valence electrons. The fraction of sp³-hybridized carbons (Fsp3) is 0.588. The quantitative estimate of drug-likeness (QED) is 0.874. The fourth-order valence-corrected chi connectivity index (χ4v) is 2.87. The number of benzene rings is 1. The summed E-state index contributed by atoms with van der Waals surface area (Å²) in [5, 5.41) is 3.48. The van der Waals surface area contributed by atoms with E-state index in [4.69, 9.17) is 0 Å². The maximum atomic E-state index is 13.2. The van der Waals surface area contributed by atoms with E-state index in [-0.39, 0.29) is 18.1 Å². The van der Waals surface area contributed by atoms with Crippen LogP contribution in [0.15, 0.2) is 24.3 Å². The Kier molecular flexibility index (Phi) is 6.18. The molecule has 1 aliphatic heterocycles. The Bertz CT molecular complexity index is 458. The highest BCUT2D eigenvalue weighted by Gasteiger charge is 2.20. The first-order chi connectivity index (χ1) is 10.2. The average Bonchev–Trinajstić information content (AvgIpc) is 2.48. The zero-order valence-electron chi connectivity index (χ0n) is 12.8. The Balaban J connectivity index is 1.94. The van der Waals surface area contributed by atoms with Gasteiger partial charge >= 0.3 is 0 Å². The van der Waals surface area contributed by atoms with Crippen LogP contribution in [0.25, 0.3) is 0 Å². The van der Waals surface area contributed by atoms with Crippen LogP contribution in [0.5, 0.6) is 0 Å². The van der Waals surface area contributed by atoms with Gasteiger partial charge in [-0.15, -0.1) is 0 Å². The number of carbonyl (C=O) groups is 1. The third kappa shape index (κ3) is 5.12. The molecule has 4 heteroatoms. The number of amides is 1. The highest BCUT2D eigenvalue weighted by Crippen LogP contribution is 2.11. The van der Waals surface area contributed by atoms with Crippen molar-refractivity contribution in [3.63, 3.8) is 0 Å².